The van der Waals surface area contributed by atoms with Gasteiger partial charge in [-0.25, -0.2) is 0 Å². The highest BCUT2D eigenvalue weighted by Crippen LogP contribution is 2.38. The first-order chi connectivity index (χ1) is 9.45. The third-order valence-corrected chi connectivity index (χ3v) is 3.60. The van der Waals surface area contributed by atoms with Crippen LogP contribution in [0.2, 0.25) is 0 Å². The predicted molar refractivity (Wildman–Crippen MR) is 69.6 cm³/mol. The second kappa shape index (κ2) is 6.01. The van der Waals surface area contributed by atoms with Crippen molar-refractivity contribution in [3.8, 4) is 0 Å². The SMILES string of the molecule is COC1CCCN(c2ccc(CO)cc2C(F)(F)F)C1. The van der Waals surface area contributed by atoms with Crippen LogP contribution in [0.15, 0.2) is 18.2 Å². The zero-order chi connectivity index (χ0) is 14.8. The van der Waals surface area contributed by atoms with E-state index in [1.807, 2.05) is 0 Å². The summed E-state index contributed by atoms with van der Waals surface area (Å²) in [6.45, 7) is 0.642. The molecule has 0 aliphatic carbocycles. The molecule has 1 fully saturated rings. The molecular formula is C14H18F3NO2. The molecule has 1 aromatic rings. The quantitative estimate of drug-likeness (QED) is 0.928. The molecule has 0 bridgehead atoms. The molecule has 1 aromatic carbocycles. The molecule has 6 heteroatoms. The van der Waals surface area contributed by atoms with Crippen LogP contribution < -0.4 is 4.90 Å². The summed E-state index contributed by atoms with van der Waals surface area (Å²) in [7, 11) is 1.58. The lowest BCUT2D eigenvalue weighted by molar-refractivity contribution is -0.137. The van der Waals surface area contributed by atoms with Crippen LogP contribution in [0.25, 0.3) is 0 Å². The summed E-state index contributed by atoms with van der Waals surface area (Å²) in [6.07, 6.45) is -2.80. The topological polar surface area (TPSA) is 32.7 Å². The Balaban J connectivity index is 2.35. The van der Waals surface area contributed by atoms with Gasteiger partial charge in [-0.15, -0.1) is 0 Å². The Labute approximate surface area is 116 Å². The van der Waals surface area contributed by atoms with Crippen LogP contribution in [-0.2, 0) is 17.5 Å². The summed E-state index contributed by atoms with van der Waals surface area (Å²) in [4.78, 5) is 1.71. The minimum absolute atomic E-state index is 0.0395. The van der Waals surface area contributed by atoms with Crippen LogP contribution in [0.3, 0.4) is 0 Å². The van der Waals surface area contributed by atoms with Crippen molar-refractivity contribution in [3.63, 3.8) is 0 Å². The highest BCUT2D eigenvalue weighted by atomic mass is 19.4. The predicted octanol–water partition coefficient (Wildman–Crippen LogP) is 2.81. The Bertz CT molecular complexity index is 462. The number of nitrogens with zero attached hydrogens (tertiary/aromatic N) is 1. The van der Waals surface area contributed by atoms with Gasteiger partial charge in [-0.05, 0) is 30.5 Å². The largest absolute Gasteiger partial charge is 0.418 e. The highest BCUT2D eigenvalue weighted by molar-refractivity contribution is 5.56. The Morgan fingerprint density at radius 3 is 2.75 bits per heavy atom. The number of rotatable bonds is 3. The van der Waals surface area contributed by atoms with Gasteiger partial charge in [0.25, 0.3) is 0 Å². The lowest BCUT2D eigenvalue weighted by Crippen LogP contribution is -2.40. The fourth-order valence-corrected chi connectivity index (χ4v) is 2.53. The van der Waals surface area contributed by atoms with Crippen molar-refractivity contribution >= 4 is 5.69 Å². The molecule has 3 nitrogen and oxygen atoms in total. The fraction of sp³-hybridized carbons (Fsp3) is 0.571. The third kappa shape index (κ3) is 3.24. The first-order valence-corrected chi connectivity index (χ1v) is 6.54. The number of alkyl halides is 3. The molecule has 1 heterocycles. The molecule has 1 aliphatic heterocycles. The summed E-state index contributed by atoms with van der Waals surface area (Å²) in [5, 5.41) is 9.01. The number of anilines is 1. The standard InChI is InChI=1S/C14H18F3NO2/c1-20-11-3-2-6-18(8-11)13-5-4-10(9-19)7-12(13)14(15,16)17/h4-5,7,11,19H,2-3,6,8-9H2,1H3. The summed E-state index contributed by atoms with van der Waals surface area (Å²) in [5.74, 6) is 0. The van der Waals surface area contributed by atoms with E-state index in [-0.39, 0.29) is 17.4 Å². The molecule has 0 radical (unpaired) electrons. The summed E-state index contributed by atoms with van der Waals surface area (Å²) in [6, 6.07) is 3.99. The number of ether oxygens (including phenoxy) is 1. The number of piperidine rings is 1. The molecule has 0 saturated carbocycles. The molecule has 20 heavy (non-hydrogen) atoms. The summed E-state index contributed by atoms with van der Waals surface area (Å²) >= 11 is 0. The Morgan fingerprint density at radius 2 is 2.15 bits per heavy atom. The van der Waals surface area contributed by atoms with Gasteiger partial charge in [-0.1, -0.05) is 6.07 Å². The van der Waals surface area contributed by atoms with Gasteiger partial charge in [0.05, 0.1) is 18.3 Å². The van der Waals surface area contributed by atoms with E-state index in [0.29, 0.717) is 13.1 Å². The Morgan fingerprint density at radius 1 is 1.40 bits per heavy atom. The average molecular weight is 289 g/mol. The van der Waals surface area contributed by atoms with E-state index in [1.54, 1.807) is 12.0 Å². The van der Waals surface area contributed by atoms with Crippen LogP contribution in [0, 0.1) is 0 Å². The van der Waals surface area contributed by atoms with Gasteiger partial charge >= 0.3 is 6.18 Å². The molecule has 0 amide bonds. The van der Waals surface area contributed by atoms with Crippen molar-refractivity contribution in [1.29, 1.82) is 0 Å². The summed E-state index contributed by atoms with van der Waals surface area (Å²) in [5.41, 5.74) is -0.265. The Kier molecular flexibility index (Phi) is 4.55. The number of aliphatic hydroxyl groups is 1. The maximum atomic E-state index is 13.2. The number of benzene rings is 1. The van der Waals surface area contributed by atoms with E-state index in [9.17, 15) is 13.2 Å². The minimum atomic E-state index is -4.43. The van der Waals surface area contributed by atoms with E-state index < -0.39 is 18.3 Å². The molecule has 1 atom stereocenters. The first-order valence-electron chi connectivity index (χ1n) is 6.54. The highest BCUT2D eigenvalue weighted by Gasteiger charge is 2.36. The average Bonchev–Trinajstić information content (AvgIpc) is 2.45. The van der Waals surface area contributed by atoms with Crippen LogP contribution in [-0.4, -0.2) is 31.4 Å². The van der Waals surface area contributed by atoms with Gasteiger partial charge in [0.1, 0.15) is 0 Å². The van der Waals surface area contributed by atoms with E-state index in [1.165, 1.54) is 12.1 Å². The normalized spacial score (nSPS) is 20.2. The van der Waals surface area contributed by atoms with E-state index in [2.05, 4.69) is 0 Å². The zero-order valence-corrected chi connectivity index (χ0v) is 11.3. The fourth-order valence-electron chi connectivity index (χ4n) is 2.53. The summed E-state index contributed by atoms with van der Waals surface area (Å²) < 4.78 is 44.7. The van der Waals surface area contributed by atoms with E-state index >= 15 is 0 Å². The van der Waals surface area contributed by atoms with Crippen molar-refractivity contribution < 1.29 is 23.0 Å². The van der Waals surface area contributed by atoms with Crippen molar-refractivity contribution in [3.05, 3.63) is 29.3 Å². The molecule has 0 aromatic heterocycles. The van der Waals surface area contributed by atoms with Crippen LogP contribution in [0.1, 0.15) is 24.0 Å². The second-order valence-electron chi connectivity index (χ2n) is 4.95. The van der Waals surface area contributed by atoms with Crippen molar-refractivity contribution in [2.24, 2.45) is 0 Å². The van der Waals surface area contributed by atoms with Gasteiger partial charge in [0.15, 0.2) is 0 Å². The number of hydrogen-bond acceptors (Lipinski definition) is 3. The van der Waals surface area contributed by atoms with E-state index in [4.69, 9.17) is 9.84 Å². The minimum Gasteiger partial charge on any atom is -0.392 e. The molecule has 112 valence electrons. The maximum Gasteiger partial charge on any atom is 0.418 e. The van der Waals surface area contributed by atoms with Gasteiger partial charge in [-0.3, -0.25) is 0 Å². The monoisotopic (exact) mass is 289 g/mol. The van der Waals surface area contributed by atoms with E-state index in [0.717, 1.165) is 18.9 Å². The lowest BCUT2D eigenvalue weighted by Gasteiger charge is -2.35. The molecule has 2 rings (SSSR count). The molecular weight excluding hydrogens is 271 g/mol. The first kappa shape index (κ1) is 15.1. The van der Waals surface area contributed by atoms with Crippen LogP contribution in [0.4, 0.5) is 18.9 Å². The van der Waals surface area contributed by atoms with Gasteiger partial charge in [0, 0.05) is 25.9 Å². The molecule has 1 N–H and O–H groups in total. The van der Waals surface area contributed by atoms with Gasteiger partial charge in [0.2, 0.25) is 0 Å². The third-order valence-electron chi connectivity index (χ3n) is 3.60. The van der Waals surface area contributed by atoms with Crippen molar-refractivity contribution in [1.82, 2.24) is 0 Å². The van der Waals surface area contributed by atoms with Crippen LogP contribution in [0.5, 0.6) is 0 Å². The number of aliphatic hydroxyl groups excluding tert-OH is 1. The maximum absolute atomic E-state index is 13.2. The number of halogens is 3. The molecule has 0 spiro atoms. The lowest BCUT2D eigenvalue weighted by atomic mass is 10.0. The molecule has 1 saturated heterocycles. The number of hydrogen-bond donors (Lipinski definition) is 1. The van der Waals surface area contributed by atoms with Gasteiger partial charge < -0.3 is 14.7 Å². The van der Waals surface area contributed by atoms with Crippen molar-refractivity contribution in [2.45, 2.75) is 31.7 Å². The van der Waals surface area contributed by atoms with Gasteiger partial charge in [-0.2, -0.15) is 13.2 Å². The molecule has 1 aliphatic rings. The van der Waals surface area contributed by atoms with Crippen molar-refractivity contribution in [2.75, 3.05) is 25.1 Å². The Hall–Kier alpha value is -1.27. The number of methoxy groups -OCH3 is 1. The second-order valence-corrected chi connectivity index (χ2v) is 4.95. The smallest absolute Gasteiger partial charge is 0.392 e. The zero-order valence-electron chi connectivity index (χ0n) is 11.3. The molecule has 1 unspecified atom stereocenters. The van der Waals surface area contributed by atoms with Crippen LogP contribution >= 0.6 is 0 Å².